The fraction of sp³-hybridized carbons (Fsp3) is 0.238. The van der Waals surface area contributed by atoms with Crippen molar-refractivity contribution < 1.29 is 19.1 Å². The molecule has 0 saturated carbocycles. The quantitative estimate of drug-likeness (QED) is 0.413. The van der Waals surface area contributed by atoms with Gasteiger partial charge in [-0.2, -0.15) is 0 Å². The van der Waals surface area contributed by atoms with Gasteiger partial charge in [0, 0.05) is 5.56 Å². The number of hydrogen-bond donors (Lipinski definition) is 0. The smallest absolute Gasteiger partial charge is 0.313 e. The normalized spacial score (nSPS) is 10.6. The van der Waals surface area contributed by atoms with Crippen LogP contribution in [0, 0.1) is 6.92 Å². The van der Waals surface area contributed by atoms with Gasteiger partial charge in [0.1, 0.15) is 18.8 Å². The van der Waals surface area contributed by atoms with E-state index in [9.17, 15) is 9.59 Å². The summed E-state index contributed by atoms with van der Waals surface area (Å²) in [6.45, 7) is 4.46. The lowest BCUT2D eigenvalue weighted by Crippen LogP contribution is -2.09. The first-order chi connectivity index (χ1) is 12.1. The van der Waals surface area contributed by atoms with Crippen LogP contribution in [0.2, 0.25) is 0 Å². The first-order valence-corrected chi connectivity index (χ1v) is 8.22. The molecule has 0 N–H and O–H groups in total. The molecule has 0 amide bonds. The summed E-state index contributed by atoms with van der Waals surface area (Å²) in [5.41, 5.74) is 3.06. The van der Waals surface area contributed by atoms with E-state index in [1.54, 1.807) is 13.0 Å². The molecule has 2 rings (SSSR count). The van der Waals surface area contributed by atoms with E-state index in [1.807, 2.05) is 55.5 Å². The Morgan fingerprint density at radius 2 is 1.76 bits per heavy atom. The number of allylic oxidation sites excluding steroid dienone is 1. The van der Waals surface area contributed by atoms with Gasteiger partial charge in [-0.05, 0) is 37.6 Å². The molecule has 0 radical (unpaired) electrons. The Hall–Kier alpha value is -2.88. The van der Waals surface area contributed by atoms with E-state index in [0.29, 0.717) is 12.4 Å². The summed E-state index contributed by atoms with van der Waals surface area (Å²) in [6.07, 6.45) is 2.79. The Morgan fingerprint density at radius 1 is 1.04 bits per heavy atom. The summed E-state index contributed by atoms with van der Waals surface area (Å²) in [7, 11) is 0. The fourth-order valence-electron chi connectivity index (χ4n) is 2.19. The largest absolute Gasteiger partial charge is 0.488 e. The van der Waals surface area contributed by atoms with E-state index in [0.717, 1.165) is 11.1 Å². The number of rotatable bonds is 8. The zero-order valence-corrected chi connectivity index (χ0v) is 14.5. The van der Waals surface area contributed by atoms with Crippen molar-refractivity contribution in [1.29, 1.82) is 0 Å². The average molecular weight is 338 g/mol. The van der Waals surface area contributed by atoms with Crippen molar-refractivity contribution in [3.63, 3.8) is 0 Å². The standard InChI is InChI=1S/C21H22O4/c1-3-24-21(23)14-19(22)13-12-18-6-4-5-7-20(18)25-15-17-10-8-16(2)9-11-17/h4-13H,3,14-15H2,1-2H3. The van der Waals surface area contributed by atoms with Crippen LogP contribution in [-0.4, -0.2) is 18.4 Å². The zero-order valence-electron chi connectivity index (χ0n) is 14.5. The number of carbonyl (C=O) groups excluding carboxylic acids is 2. The van der Waals surface area contributed by atoms with Gasteiger partial charge in [0.05, 0.1) is 6.61 Å². The molecule has 0 aliphatic heterocycles. The Morgan fingerprint density at radius 3 is 2.48 bits per heavy atom. The number of carbonyl (C=O) groups is 2. The molecular weight excluding hydrogens is 316 g/mol. The topological polar surface area (TPSA) is 52.6 Å². The zero-order chi connectivity index (χ0) is 18.1. The second-order valence-corrected chi connectivity index (χ2v) is 5.59. The van der Waals surface area contributed by atoms with Crippen molar-refractivity contribution in [2.24, 2.45) is 0 Å². The van der Waals surface area contributed by atoms with Gasteiger partial charge in [0.2, 0.25) is 0 Å². The van der Waals surface area contributed by atoms with E-state index in [1.165, 1.54) is 11.6 Å². The Labute approximate surface area is 148 Å². The average Bonchev–Trinajstić information content (AvgIpc) is 2.60. The van der Waals surface area contributed by atoms with Crippen molar-refractivity contribution in [2.75, 3.05) is 6.61 Å². The van der Waals surface area contributed by atoms with Crippen LogP contribution < -0.4 is 4.74 Å². The molecule has 25 heavy (non-hydrogen) atoms. The predicted molar refractivity (Wildman–Crippen MR) is 97.2 cm³/mol. The van der Waals surface area contributed by atoms with Crippen LogP contribution in [0.3, 0.4) is 0 Å². The SMILES string of the molecule is CCOC(=O)CC(=O)C=Cc1ccccc1OCc1ccc(C)cc1. The lowest BCUT2D eigenvalue weighted by molar-refractivity contribution is -0.144. The maximum atomic E-state index is 11.8. The van der Waals surface area contributed by atoms with Gasteiger partial charge in [-0.1, -0.05) is 48.0 Å². The number of ether oxygens (including phenoxy) is 2. The maximum absolute atomic E-state index is 11.8. The summed E-state index contributed by atoms with van der Waals surface area (Å²) in [5, 5.41) is 0. The monoisotopic (exact) mass is 338 g/mol. The molecule has 4 nitrogen and oxygen atoms in total. The molecule has 0 atom stereocenters. The molecule has 0 fully saturated rings. The van der Waals surface area contributed by atoms with E-state index < -0.39 is 5.97 Å². The lowest BCUT2D eigenvalue weighted by Gasteiger charge is -2.09. The van der Waals surface area contributed by atoms with E-state index in [2.05, 4.69) is 0 Å². The number of hydrogen-bond acceptors (Lipinski definition) is 4. The predicted octanol–water partition coefficient (Wildman–Crippen LogP) is 4.11. The Kier molecular flexibility index (Phi) is 6.96. The summed E-state index contributed by atoms with van der Waals surface area (Å²) in [4.78, 5) is 23.1. The van der Waals surface area contributed by atoms with Crippen LogP contribution >= 0.6 is 0 Å². The minimum absolute atomic E-state index is 0.253. The molecule has 0 spiro atoms. The van der Waals surface area contributed by atoms with E-state index >= 15 is 0 Å². The van der Waals surface area contributed by atoms with Gasteiger partial charge < -0.3 is 9.47 Å². The molecular formula is C21H22O4. The van der Waals surface area contributed by atoms with Gasteiger partial charge in [-0.25, -0.2) is 0 Å². The molecule has 0 aliphatic carbocycles. The van der Waals surface area contributed by atoms with Crippen LogP contribution in [-0.2, 0) is 20.9 Å². The highest BCUT2D eigenvalue weighted by Crippen LogP contribution is 2.21. The van der Waals surface area contributed by atoms with Crippen LogP contribution in [0.15, 0.2) is 54.6 Å². The summed E-state index contributed by atoms with van der Waals surface area (Å²) in [6, 6.07) is 15.6. The molecule has 0 bridgehead atoms. The number of ketones is 1. The Balaban J connectivity index is 1.99. The third kappa shape index (κ3) is 6.26. The Bertz CT molecular complexity index is 745. The van der Waals surface area contributed by atoms with Crippen LogP contribution in [0.4, 0.5) is 0 Å². The molecule has 0 aliphatic rings. The summed E-state index contributed by atoms with van der Waals surface area (Å²) < 4.78 is 10.6. The maximum Gasteiger partial charge on any atom is 0.313 e. The van der Waals surface area contributed by atoms with Crippen LogP contribution in [0.5, 0.6) is 5.75 Å². The van der Waals surface area contributed by atoms with E-state index in [-0.39, 0.29) is 18.8 Å². The molecule has 0 unspecified atom stereocenters. The van der Waals surface area contributed by atoms with Gasteiger partial charge in [0.15, 0.2) is 5.78 Å². The highest BCUT2D eigenvalue weighted by Gasteiger charge is 2.07. The molecule has 2 aromatic carbocycles. The third-order valence-corrected chi connectivity index (χ3v) is 3.51. The second kappa shape index (κ2) is 9.42. The molecule has 0 heterocycles. The summed E-state index contributed by atoms with van der Waals surface area (Å²) in [5.74, 6) is -0.129. The van der Waals surface area contributed by atoms with Gasteiger partial charge >= 0.3 is 5.97 Å². The van der Waals surface area contributed by atoms with E-state index in [4.69, 9.17) is 9.47 Å². The van der Waals surface area contributed by atoms with Crippen molar-refractivity contribution in [3.05, 3.63) is 71.3 Å². The number of benzene rings is 2. The fourth-order valence-corrected chi connectivity index (χ4v) is 2.19. The second-order valence-electron chi connectivity index (χ2n) is 5.59. The first kappa shape index (κ1) is 18.5. The van der Waals surface area contributed by atoms with Gasteiger partial charge in [-0.3, -0.25) is 9.59 Å². The summed E-state index contributed by atoms with van der Waals surface area (Å²) >= 11 is 0. The number of para-hydroxylation sites is 1. The first-order valence-electron chi connectivity index (χ1n) is 8.22. The minimum Gasteiger partial charge on any atom is -0.488 e. The van der Waals surface area contributed by atoms with Crippen molar-refractivity contribution in [1.82, 2.24) is 0 Å². The van der Waals surface area contributed by atoms with Crippen LogP contribution in [0.25, 0.3) is 6.08 Å². The molecule has 0 aromatic heterocycles. The van der Waals surface area contributed by atoms with Crippen molar-refractivity contribution in [2.45, 2.75) is 26.9 Å². The van der Waals surface area contributed by atoms with Crippen LogP contribution in [0.1, 0.15) is 30.0 Å². The van der Waals surface area contributed by atoms with Gasteiger partial charge in [-0.15, -0.1) is 0 Å². The molecule has 2 aromatic rings. The number of esters is 1. The molecule has 130 valence electrons. The highest BCUT2D eigenvalue weighted by molar-refractivity contribution is 6.04. The van der Waals surface area contributed by atoms with Crippen molar-refractivity contribution in [3.8, 4) is 5.75 Å². The van der Waals surface area contributed by atoms with Gasteiger partial charge in [0.25, 0.3) is 0 Å². The molecule has 0 saturated heterocycles. The molecule has 4 heteroatoms. The lowest BCUT2D eigenvalue weighted by atomic mass is 10.1. The highest BCUT2D eigenvalue weighted by atomic mass is 16.5. The third-order valence-electron chi connectivity index (χ3n) is 3.51. The minimum atomic E-state index is -0.513. The van der Waals surface area contributed by atoms with Crippen molar-refractivity contribution >= 4 is 17.8 Å². The number of aryl methyl sites for hydroxylation is 1.